The molecule has 0 amide bonds. The number of nitrogens with zero attached hydrogens (tertiary/aromatic N) is 1. The minimum absolute atomic E-state index is 0.363. The van der Waals surface area contributed by atoms with Crippen molar-refractivity contribution in [3.8, 4) is 5.75 Å². The van der Waals surface area contributed by atoms with Crippen molar-refractivity contribution >= 4 is 22.9 Å². The molecule has 1 heterocycles. The van der Waals surface area contributed by atoms with E-state index in [1.165, 1.54) is 6.08 Å². The van der Waals surface area contributed by atoms with Gasteiger partial charge >= 0.3 is 5.97 Å². The van der Waals surface area contributed by atoms with Gasteiger partial charge in [0.25, 0.3) is 0 Å². The molecule has 0 saturated carbocycles. The molecule has 4 nitrogen and oxygen atoms in total. The molecule has 0 fully saturated rings. The van der Waals surface area contributed by atoms with E-state index in [4.69, 9.17) is 9.47 Å². The standard InChI is InChI=1S/C16H17NO3/c1-4-20-16(18)8-5-12-9-11(2)14-7-6-13(19-3)10-15(14)17-12/h5-10H,4H2,1-3H3/b8-5+. The number of esters is 1. The van der Waals surface area contributed by atoms with E-state index in [1.807, 2.05) is 31.2 Å². The van der Waals surface area contributed by atoms with Crippen molar-refractivity contribution < 1.29 is 14.3 Å². The van der Waals surface area contributed by atoms with E-state index in [-0.39, 0.29) is 5.97 Å². The number of hydrogen-bond donors (Lipinski definition) is 0. The van der Waals surface area contributed by atoms with Crippen molar-refractivity contribution in [2.75, 3.05) is 13.7 Å². The molecule has 0 atom stereocenters. The molecular weight excluding hydrogens is 254 g/mol. The Morgan fingerprint density at radius 2 is 2.15 bits per heavy atom. The summed E-state index contributed by atoms with van der Waals surface area (Å²) in [5.74, 6) is 0.397. The molecule has 0 unspecified atom stereocenters. The maximum absolute atomic E-state index is 11.3. The minimum atomic E-state index is -0.363. The largest absolute Gasteiger partial charge is 0.497 e. The van der Waals surface area contributed by atoms with E-state index >= 15 is 0 Å². The molecule has 4 heteroatoms. The SMILES string of the molecule is CCOC(=O)/C=C/c1cc(C)c2ccc(OC)cc2n1. The Hall–Kier alpha value is -2.36. The Balaban J connectivity index is 2.38. The molecular formula is C16H17NO3. The summed E-state index contributed by atoms with van der Waals surface area (Å²) in [5.41, 5.74) is 2.66. The smallest absolute Gasteiger partial charge is 0.330 e. The Labute approximate surface area is 118 Å². The molecule has 0 aliphatic rings. The highest BCUT2D eigenvalue weighted by Crippen LogP contribution is 2.23. The van der Waals surface area contributed by atoms with E-state index < -0.39 is 0 Å². The van der Waals surface area contributed by atoms with Crippen molar-refractivity contribution in [3.63, 3.8) is 0 Å². The quantitative estimate of drug-likeness (QED) is 0.633. The first-order valence-electron chi connectivity index (χ1n) is 6.44. The van der Waals surface area contributed by atoms with Crippen LogP contribution in [0.5, 0.6) is 5.75 Å². The molecule has 2 aromatic rings. The number of methoxy groups -OCH3 is 1. The second-order valence-corrected chi connectivity index (χ2v) is 4.33. The van der Waals surface area contributed by atoms with Gasteiger partial charge in [0.05, 0.1) is 24.9 Å². The first kappa shape index (κ1) is 14.1. The Morgan fingerprint density at radius 3 is 2.85 bits per heavy atom. The van der Waals surface area contributed by atoms with Crippen molar-refractivity contribution in [3.05, 3.63) is 41.6 Å². The van der Waals surface area contributed by atoms with Crippen LogP contribution in [0.15, 0.2) is 30.3 Å². The van der Waals surface area contributed by atoms with Gasteiger partial charge in [0.2, 0.25) is 0 Å². The van der Waals surface area contributed by atoms with Crippen LogP contribution in [0.4, 0.5) is 0 Å². The number of rotatable bonds is 4. The number of ether oxygens (including phenoxy) is 2. The number of carbonyl (C=O) groups is 1. The zero-order valence-electron chi connectivity index (χ0n) is 11.8. The number of carbonyl (C=O) groups excluding carboxylic acids is 1. The highest BCUT2D eigenvalue weighted by atomic mass is 16.5. The summed E-state index contributed by atoms with van der Waals surface area (Å²) in [6.07, 6.45) is 3.04. The highest BCUT2D eigenvalue weighted by Gasteiger charge is 2.03. The van der Waals surface area contributed by atoms with Crippen LogP contribution >= 0.6 is 0 Å². The second-order valence-electron chi connectivity index (χ2n) is 4.33. The lowest BCUT2D eigenvalue weighted by Gasteiger charge is -2.06. The number of pyridine rings is 1. The van der Waals surface area contributed by atoms with E-state index in [9.17, 15) is 4.79 Å². The monoisotopic (exact) mass is 271 g/mol. The average Bonchev–Trinajstić information content (AvgIpc) is 2.45. The van der Waals surface area contributed by atoms with Gasteiger partial charge in [-0.05, 0) is 43.7 Å². The third kappa shape index (κ3) is 3.15. The maximum Gasteiger partial charge on any atom is 0.330 e. The predicted octanol–water partition coefficient (Wildman–Crippen LogP) is 3.13. The van der Waals surface area contributed by atoms with Gasteiger partial charge in [0.1, 0.15) is 5.75 Å². The molecule has 0 radical (unpaired) electrons. The normalized spacial score (nSPS) is 10.9. The fourth-order valence-corrected chi connectivity index (χ4v) is 1.96. The second kappa shape index (κ2) is 6.19. The lowest BCUT2D eigenvalue weighted by molar-refractivity contribution is -0.137. The van der Waals surface area contributed by atoms with Gasteiger partial charge in [-0.3, -0.25) is 0 Å². The van der Waals surface area contributed by atoms with Gasteiger partial charge < -0.3 is 9.47 Å². The first-order chi connectivity index (χ1) is 9.63. The highest BCUT2D eigenvalue weighted by molar-refractivity contribution is 5.88. The molecule has 0 bridgehead atoms. The van der Waals surface area contributed by atoms with Gasteiger partial charge in [-0.2, -0.15) is 0 Å². The van der Waals surface area contributed by atoms with Gasteiger partial charge in [0.15, 0.2) is 0 Å². The average molecular weight is 271 g/mol. The number of hydrogen-bond acceptors (Lipinski definition) is 4. The first-order valence-corrected chi connectivity index (χ1v) is 6.44. The zero-order chi connectivity index (χ0) is 14.5. The Bertz CT molecular complexity index is 662. The molecule has 104 valence electrons. The summed E-state index contributed by atoms with van der Waals surface area (Å²) in [6.45, 7) is 4.15. The van der Waals surface area contributed by atoms with Gasteiger partial charge in [-0.25, -0.2) is 9.78 Å². The molecule has 0 spiro atoms. The zero-order valence-corrected chi connectivity index (χ0v) is 11.8. The van der Waals surface area contributed by atoms with Gasteiger partial charge in [-0.15, -0.1) is 0 Å². The van der Waals surface area contributed by atoms with E-state index in [0.717, 1.165) is 27.9 Å². The molecule has 1 aromatic carbocycles. The summed E-state index contributed by atoms with van der Waals surface area (Å²) >= 11 is 0. The summed E-state index contributed by atoms with van der Waals surface area (Å²) in [7, 11) is 1.62. The van der Waals surface area contributed by atoms with Gasteiger partial charge in [-0.1, -0.05) is 0 Å². The van der Waals surface area contributed by atoms with Crippen LogP contribution in [0.2, 0.25) is 0 Å². The Kier molecular flexibility index (Phi) is 4.35. The van der Waals surface area contributed by atoms with Crippen molar-refractivity contribution in [2.24, 2.45) is 0 Å². The van der Waals surface area contributed by atoms with Crippen molar-refractivity contribution in [1.82, 2.24) is 4.98 Å². The molecule has 1 aromatic heterocycles. The van der Waals surface area contributed by atoms with Crippen LogP contribution in [-0.2, 0) is 9.53 Å². The summed E-state index contributed by atoms with van der Waals surface area (Å²) in [4.78, 5) is 15.8. The lowest BCUT2D eigenvalue weighted by Crippen LogP contribution is -1.99. The van der Waals surface area contributed by atoms with Crippen LogP contribution in [0.3, 0.4) is 0 Å². The third-order valence-corrected chi connectivity index (χ3v) is 2.92. The summed E-state index contributed by atoms with van der Waals surface area (Å²) < 4.78 is 10.0. The van der Waals surface area contributed by atoms with Crippen LogP contribution in [0.1, 0.15) is 18.2 Å². The molecule has 0 aliphatic heterocycles. The summed E-state index contributed by atoms with van der Waals surface area (Å²) in [5, 5.41) is 1.07. The number of benzene rings is 1. The maximum atomic E-state index is 11.3. The minimum Gasteiger partial charge on any atom is -0.497 e. The van der Waals surface area contributed by atoms with Crippen molar-refractivity contribution in [2.45, 2.75) is 13.8 Å². The van der Waals surface area contributed by atoms with Crippen LogP contribution in [0.25, 0.3) is 17.0 Å². The fraction of sp³-hybridized carbons (Fsp3) is 0.250. The Morgan fingerprint density at radius 1 is 1.35 bits per heavy atom. The molecule has 0 aliphatic carbocycles. The van der Waals surface area contributed by atoms with Crippen molar-refractivity contribution in [1.29, 1.82) is 0 Å². The number of aryl methyl sites for hydroxylation is 1. The third-order valence-electron chi connectivity index (χ3n) is 2.92. The van der Waals surface area contributed by atoms with E-state index in [2.05, 4.69) is 4.98 Å². The fourth-order valence-electron chi connectivity index (χ4n) is 1.96. The van der Waals surface area contributed by atoms with E-state index in [1.54, 1.807) is 20.1 Å². The topological polar surface area (TPSA) is 48.4 Å². The number of fused-ring (bicyclic) bond motifs is 1. The summed E-state index contributed by atoms with van der Waals surface area (Å²) in [6, 6.07) is 7.70. The lowest BCUT2D eigenvalue weighted by atomic mass is 10.1. The molecule has 0 saturated heterocycles. The molecule has 20 heavy (non-hydrogen) atoms. The van der Waals surface area contributed by atoms with Crippen LogP contribution < -0.4 is 4.74 Å². The van der Waals surface area contributed by atoms with Crippen LogP contribution in [-0.4, -0.2) is 24.7 Å². The molecule has 2 rings (SSSR count). The predicted molar refractivity (Wildman–Crippen MR) is 78.7 cm³/mol. The van der Waals surface area contributed by atoms with Crippen LogP contribution in [0, 0.1) is 6.92 Å². The number of aromatic nitrogens is 1. The molecule has 0 N–H and O–H groups in total. The van der Waals surface area contributed by atoms with E-state index in [0.29, 0.717) is 6.61 Å². The van der Waals surface area contributed by atoms with Gasteiger partial charge in [0, 0.05) is 17.5 Å².